The minimum absolute atomic E-state index is 0.652. The minimum Gasteiger partial charge on any atom is -0.339 e. The van der Waals surface area contributed by atoms with Crippen molar-refractivity contribution in [1.82, 2.24) is 9.97 Å². The van der Waals surface area contributed by atoms with Gasteiger partial charge in [-0.2, -0.15) is 0 Å². The average Bonchev–Trinajstić information content (AvgIpc) is 2.71. The molecule has 0 aliphatic carbocycles. The molecule has 76 valence electrons. The molecule has 0 unspecified atom stereocenters. The first-order valence-electron chi connectivity index (χ1n) is 4.21. The van der Waals surface area contributed by atoms with Crippen molar-refractivity contribution in [2.75, 3.05) is 0 Å². The summed E-state index contributed by atoms with van der Waals surface area (Å²) in [5.74, 6) is 0. The molecule has 0 aliphatic heterocycles. The number of imidazole rings is 1. The number of H-pyrrole nitrogens is 1. The van der Waals surface area contributed by atoms with Crippen LogP contribution in [-0.2, 0) is 0 Å². The molecule has 1 N–H and O–H groups in total. The number of aldehydes is 1. The minimum atomic E-state index is 0.652. The second kappa shape index (κ2) is 4.63. The van der Waals surface area contributed by atoms with Crippen molar-refractivity contribution < 1.29 is 4.79 Å². The van der Waals surface area contributed by atoms with Crippen LogP contribution in [0.3, 0.4) is 0 Å². The zero-order valence-electron chi connectivity index (χ0n) is 7.61. The molecule has 5 heteroatoms. The first-order valence-corrected chi connectivity index (χ1v) is 5.82. The normalized spacial score (nSPS) is 10.2. The molecule has 2 aromatic rings. The Bertz CT molecular complexity index is 470. The lowest BCUT2D eigenvalue weighted by Gasteiger charge is -2.00. The Kier molecular flexibility index (Phi) is 3.23. The van der Waals surface area contributed by atoms with Gasteiger partial charge in [0, 0.05) is 27.3 Å². The Morgan fingerprint density at radius 3 is 2.93 bits per heavy atom. The summed E-state index contributed by atoms with van der Waals surface area (Å²) in [4.78, 5) is 18.7. The molecule has 15 heavy (non-hydrogen) atoms. The van der Waals surface area contributed by atoms with Crippen molar-refractivity contribution in [2.45, 2.75) is 10.1 Å². The summed E-state index contributed by atoms with van der Waals surface area (Å²) in [6.07, 6.45) is 4.31. The Labute approximate surface area is 99.4 Å². The fraction of sp³-hybridized carbons (Fsp3) is 0. The van der Waals surface area contributed by atoms with Gasteiger partial charge in [0.1, 0.15) is 0 Å². The highest BCUT2D eigenvalue weighted by Crippen LogP contribution is 2.28. The van der Waals surface area contributed by atoms with Crippen molar-refractivity contribution in [3.63, 3.8) is 0 Å². The fourth-order valence-electron chi connectivity index (χ4n) is 1.09. The first kappa shape index (κ1) is 10.4. The number of hydrogen-bond acceptors (Lipinski definition) is 3. The van der Waals surface area contributed by atoms with Gasteiger partial charge in [0.2, 0.25) is 0 Å². The van der Waals surface area contributed by atoms with Crippen molar-refractivity contribution in [3.8, 4) is 0 Å². The molecule has 0 fully saturated rings. The molecular weight excluding hydrogens is 276 g/mol. The van der Waals surface area contributed by atoms with Gasteiger partial charge in [0.15, 0.2) is 11.4 Å². The predicted molar refractivity (Wildman–Crippen MR) is 62.2 cm³/mol. The zero-order valence-corrected chi connectivity index (χ0v) is 10.0. The van der Waals surface area contributed by atoms with Crippen molar-refractivity contribution in [1.29, 1.82) is 0 Å². The van der Waals surface area contributed by atoms with Crippen LogP contribution in [0.15, 0.2) is 45.1 Å². The topological polar surface area (TPSA) is 45.8 Å². The van der Waals surface area contributed by atoms with E-state index in [1.165, 1.54) is 11.8 Å². The first-order chi connectivity index (χ1) is 7.29. The van der Waals surface area contributed by atoms with E-state index in [1.807, 2.05) is 12.1 Å². The third-order valence-corrected chi connectivity index (χ3v) is 3.38. The summed E-state index contributed by atoms with van der Waals surface area (Å²) in [5.41, 5.74) is 0.652. The smallest absolute Gasteiger partial charge is 0.170 e. The van der Waals surface area contributed by atoms with Crippen LogP contribution in [0.1, 0.15) is 10.4 Å². The van der Waals surface area contributed by atoms with E-state index in [9.17, 15) is 4.79 Å². The highest BCUT2D eigenvalue weighted by atomic mass is 79.9. The number of halogens is 1. The lowest BCUT2D eigenvalue weighted by Crippen LogP contribution is -1.83. The number of aromatic nitrogens is 2. The van der Waals surface area contributed by atoms with Crippen LogP contribution in [-0.4, -0.2) is 16.3 Å². The molecule has 1 aromatic heterocycles. The van der Waals surface area contributed by atoms with Gasteiger partial charge >= 0.3 is 0 Å². The third kappa shape index (κ3) is 2.49. The van der Waals surface area contributed by atoms with Crippen LogP contribution in [0, 0.1) is 0 Å². The van der Waals surface area contributed by atoms with E-state index in [4.69, 9.17) is 0 Å². The second-order valence-electron chi connectivity index (χ2n) is 2.80. The van der Waals surface area contributed by atoms with Crippen LogP contribution < -0.4 is 0 Å². The molecule has 0 saturated heterocycles. The van der Waals surface area contributed by atoms with E-state index >= 15 is 0 Å². The maximum atomic E-state index is 10.6. The van der Waals surface area contributed by atoms with Crippen molar-refractivity contribution in [3.05, 3.63) is 40.6 Å². The van der Waals surface area contributed by atoms with E-state index in [2.05, 4.69) is 25.9 Å². The van der Waals surface area contributed by atoms with Gasteiger partial charge in [0.25, 0.3) is 0 Å². The lowest BCUT2D eigenvalue weighted by atomic mass is 10.2. The summed E-state index contributed by atoms with van der Waals surface area (Å²) in [6.45, 7) is 0. The van der Waals surface area contributed by atoms with Gasteiger partial charge in [-0.1, -0.05) is 27.7 Å². The molecule has 0 bridgehead atoms. The average molecular weight is 283 g/mol. The Balaban J connectivity index is 2.23. The predicted octanol–water partition coefficient (Wildman–Crippen LogP) is 3.14. The van der Waals surface area contributed by atoms with Crippen LogP contribution in [0.25, 0.3) is 0 Å². The van der Waals surface area contributed by atoms with E-state index in [1.54, 1.807) is 18.5 Å². The molecule has 0 radical (unpaired) electrons. The Morgan fingerprint density at radius 2 is 2.33 bits per heavy atom. The Hall–Kier alpha value is -1.07. The third-order valence-electron chi connectivity index (χ3n) is 1.79. The number of nitrogens with zero attached hydrogens (tertiary/aromatic N) is 1. The van der Waals surface area contributed by atoms with Gasteiger partial charge in [0.05, 0.1) is 0 Å². The maximum Gasteiger partial charge on any atom is 0.170 e. The number of hydrogen-bond donors (Lipinski definition) is 1. The number of carbonyl (C=O) groups excluding carboxylic acids is 1. The molecule has 0 spiro atoms. The number of benzene rings is 1. The van der Waals surface area contributed by atoms with Gasteiger partial charge < -0.3 is 4.98 Å². The molecular formula is C10H7BrN2OS. The molecule has 0 aliphatic rings. The molecule has 0 atom stereocenters. The van der Waals surface area contributed by atoms with E-state index in [0.29, 0.717) is 5.56 Å². The highest BCUT2D eigenvalue weighted by molar-refractivity contribution is 9.10. The number of aromatic amines is 1. The highest BCUT2D eigenvalue weighted by Gasteiger charge is 2.03. The monoisotopic (exact) mass is 282 g/mol. The molecule has 1 heterocycles. The van der Waals surface area contributed by atoms with Gasteiger partial charge in [-0.3, -0.25) is 4.79 Å². The lowest BCUT2D eigenvalue weighted by molar-refractivity contribution is 0.112. The maximum absolute atomic E-state index is 10.6. The molecule has 0 amide bonds. The van der Waals surface area contributed by atoms with E-state index in [-0.39, 0.29) is 0 Å². The number of carbonyl (C=O) groups is 1. The van der Waals surface area contributed by atoms with E-state index < -0.39 is 0 Å². The standard InChI is InChI=1S/C10H7BrN2OS/c11-9-5-8(2-1-7(9)6-14)15-10-12-3-4-13-10/h1-6H,(H,12,13). The molecule has 1 aromatic carbocycles. The van der Waals surface area contributed by atoms with E-state index in [0.717, 1.165) is 20.8 Å². The van der Waals surface area contributed by atoms with Crippen LogP contribution in [0.4, 0.5) is 0 Å². The number of nitrogens with one attached hydrogen (secondary N) is 1. The summed E-state index contributed by atoms with van der Waals surface area (Å²) < 4.78 is 0.800. The second-order valence-corrected chi connectivity index (χ2v) is 4.71. The van der Waals surface area contributed by atoms with Gasteiger partial charge in [-0.15, -0.1) is 0 Å². The summed E-state index contributed by atoms with van der Waals surface area (Å²) in [7, 11) is 0. The molecule has 0 saturated carbocycles. The van der Waals surface area contributed by atoms with Crippen LogP contribution in [0.5, 0.6) is 0 Å². The Morgan fingerprint density at radius 1 is 1.47 bits per heavy atom. The quantitative estimate of drug-likeness (QED) is 0.880. The molecule has 2 rings (SSSR count). The van der Waals surface area contributed by atoms with Gasteiger partial charge in [-0.05, 0) is 18.2 Å². The SMILES string of the molecule is O=Cc1ccc(Sc2ncc[nH]2)cc1Br. The largest absolute Gasteiger partial charge is 0.339 e. The van der Waals surface area contributed by atoms with Crippen molar-refractivity contribution >= 4 is 34.0 Å². The fourth-order valence-corrected chi connectivity index (χ4v) is 2.49. The molecule has 3 nitrogen and oxygen atoms in total. The summed E-state index contributed by atoms with van der Waals surface area (Å²) in [6, 6.07) is 5.57. The van der Waals surface area contributed by atoms with Crippen molar-refractivity contribution in [2.24, 2.45) is 0 Å². The van der Waals surface area contributed by atoms with Crippen LogP contribution in [0.2, 0.25) is 0 Å². The zero-order chi connectivity index (χ0) is 10.7. The van der Waals surface area contributed by atoms with Gasteiger partial charge in [-0.25, -0.2) is 4.98 Å². The summed E-state index contributed by atoms with van der Waals surface area (Å²) >= 11 is 4.85. The number of rotatable bonds is 3. The summed E-state index contributed by atoms with van der Waals surface area (Å²) in [5, 5.41) is 0.834. The van der Waals surface area contributed by atoms with Crippen LogP contribution >= 0.6 is 27.7 Å².